The molecule has 5 nitrogen and oxygen atoms in total. The first-order valence-electron chi connectivity index (χ1n) is 5.76. The lowest BCUT2D eigenvalue weighted by molar-refractivity contribution is 0.0226. The Bertz CT molecular complexity index is 401. The van der Waals surface area contributed by atoms with Gasteiger partial charge in [-0.05, 0) is 13.8 Å². The van der Waals surface area contributed by atoms with E-state index in [1.54, 1.807) is 7.11 Å². The molecule has 4 N–H and O–H groups in total. The summed E-state index contributed by atoms with van der Waals surface area (Å²) in [5, 5.41) is 0. The first kappa shape index (κ1) is 13.8. The molecule has 0 fully saturated rings. The van der Waals surface area contributed by atoms with Crippen LogP contribution >= 0.6 is 0 Å². The fourth-order valence-corrected chi connectivity index (χ4v) is 1.63. The number of aromatic nitrogens is 2. The summed E-state index contributed by atoms with van der Waals surface area (Å²) in [7, 11) is 1.68. The molecular formula is C12H24N4O. The zero-order chi connectivity index (χ0) is 13.4. The minimum absolute atomic E-state index is 0.127. The van der Waals surface area contributed by atoms with Crippen LogP contribution in [0, 0.1) is 0 Å². The molecule has 1 aromatic heterocycles. The minimum atomic E-state index is -0.294. The van der Waals surface area contributed by atoms with Gasteiger partial charge in [-0.25, -0.2) is 9.66 Å². The fraction of sp³-hybridized carbons (Fsp3) is 0.750. The van der Waals surface area contributed by atoms with Crippen LogP contribution in [-0.2, 0) is 16.6 Å². The van der Waals surface area contributed by atoms with Crippen LogP contribution in [0.15, 0.2) is 0 Å². The molecule has 0 amide bonds. The highest BCUT2D eigenvalue weighted by atomic mass is 16.5. The minimum Gasteiger partial charge on any atom is -0.382 e. The molecule has 0 aliphatic rings. The van der Waals surface area contributed by atoms with Gasteiger partial charge in [-0.1, -0.05) is 20.8 Å². The van der Waals surface area contributed by atoms with Crippen molar-refractivity contribution in [3.63, 3.8) is 0 Å². The van der Waals surface area contributed by atoms with Crippen LogP contribution in [0.2, 0.25) is 0 Å². The monoisotopic (exact) mass is 240 g/mol. The number of nitrogens with two attached hydrogens (primary N) is 2. The van der Waals surface area contributed by atoms with E-state index in [-0.39, 0.29) is 11.0 Å². The summed E-state index contributed by atoms with van der Waals surface area (Å²) in [5.74, 6) is 7.24. The fourth-order valence-electron chi connectivity index (χ4n) is 1.63. The first-order chi connectivity index (χ1) is 7.58. The van der Waals surface area contributed by atoms with Crippen LogP contribution < -0.4 is 11.6 Å². The number of hydrogen-bond acceptors (Lipinski definition) is 4. The van der Waals surface area contributed by atoms with E-state index in [1.807, 2.05) is 13.8 Å². The molecule has 98 valence electrons. The van der Waals surface area contributed by atoms with Crippen molar-refractivity contribution in [2.75, 3.05) is 18.7 Å². The SMILES string of the molecule is COC(C)(C)Cc1nc(C(C)(C)C)n(N)c1N. The Labute approximate surface area is 103 Å². The van der Waals surface area contributed by atoms with Crippen LogP contribution in [0.4, 0.5) is 5.82 Å². The Morgan fingerprint density at radius 3 is 2.12 bits per heavy atom. The summed E-state index contributed by atoms with van der Waals surface area (Å²) in [6.07, 6.45) is 0.641. The zero-order valence-electron chi connectivity index (χ0n) is 11.7. The molecule has 0 aromatic carbocycles. The number of rotatable bonds is 3. The van der Waals surface area contributed by atoms with Gasteiger partial charge in [0.2, 0.25) is 0 Å². The molecule has 0 atom stereocenters. The second-order valence-electron chi connectivity index (χ2n) is 6.03. The van der Waals surface area contributed by atoms with E-state index in [0.29, 0.717) is 12.2 Å². The van der Waals surface area contributed by atoms with Crippen molar-refractivity contribution in [3.8, 4) is 0 Å². The summed E-state index contributed by atoms with van der Waals surface area (Å²) >= 11 is 0. The summed E-state index contributed by atoms with van der Waals surface area (Å²) < 4.78 is 6.86. The Balaban J connectivity index is 3.12. The van der Waals surface area contributed by atoms with Crippen LogP contribution in [-0.4, -0.2) is 22.4 Å². The maximum absolute atomic E-state index is 5.98. The van der Waals surface area contributed by atoms with Crippen LogP contribution in [0.1, 0.15) is 46.1 Å². The number of nitrogens with zero attached hydrogens (tertiary/aromatic N) is 2. The average Bonchev–Trinajstić information content (AvgIpc) is 2.45. The Morgan fingerprint density at radius 1 is 1.24 bits per heavy atom. The Kier molecular flexibility index (Phi) is 3.43. The van der Waals surface area contributed by atoms with E-state index < -0.39 is 0 Å². The molecule has 17 heavy (non-hydrogen) atoms. The molecule has 5 heteroatoms. The largest absolute Gasteiger partial charge is 0.382 e. The summed E-state index contributed by atoms with van der Waals surface area (Å²) in [6, 6.07) is 0. The number of ether oxygens (including phenoxy) is 1. The molecule has 0 bridgehead atoms. The van der Waals surface area contributed by atoms with Gasteiger partial charge in [-0.2, -0.15) is 0 Å². The van der Waals surface area contributed by atoms with Gasteiger partial charge in [0, 0.05) is 18.9 Å². The summed E-state index contributed by atoms with van der Waals surface area (Å²) in [5.41, 5.74) is 6.36. The van der Waals surface area contributed by atoms with Crippen molar-refractivity contribution >= 4 is 5.82 Å². The van der Waals surface area contributed by atoms with Gasteiger partial charge < -0.3 is 16.3 Å². The lowest BCUT2D eigenvalue weighted by Gasteiger charge is -2.21. The van der Waals surface area contributed by atoms with Gasteiger partial charge in [0.25, 0.3) is 0 Å². The topological polar surface area (TPSA) is 79.1 Å². The second kappa shape index (κ2) is 4.22. The summed E-state index contributed by atoms with van der Waals surface area (Å²) in [6.45, 7) is 10.2. The molecule has 1 rings (SSSR count). The van der Waals surface area contributed by atoms with Gasteiger partial charge in [0.1, 0.15) is 11.6 Å². The number of hydrogen-bond donors (Lipinski definition) is 2. The lowest BCUT2D eigenvalue weighted by atomic mass is 9.96. The maximum Gasteiger partial charge on any atom is 0.146 e. The van der Waals surface area contributed by atoms with Crippen molar-refractivity contribution in [1.82, 2.24) is 9.66 Å². The van der Waals surface area contributed by atoms with E-state index in [4.69, 9.17) is 16.3 Å². The van der Waals surface area contributed by atoms with Crippen molar-refractivity contribution in [2.24, 2.45) is 0 Å². The van der Waals surface area contributed by atoms with Gasteiger partial charge in [0.05, 0.1) is 11.3 Å². The summed E-state index contributed by atoms with van der Waals surface area (Å²) in [4.78, 5) is 4.55. The predicted octanol–water partition coefficient (Wildman–Crippen LogP) is 1.44. The van der Waals surface area contributed by atoms with Crippen molar-refractivity contribution in [2.45, 2.75) is 52.1 Å². The quantitative estimate of drug-likeness (QED) is 0.784. The van der Waals surface area contributed by atoms with Crippen molar-refractivity contribution < 1.29 is 4.74 Å². The third-order valence-corrected chi connectivity index (χ3v) is 2.84. The van der Waals surface area contributed by atoms with Crippen LogP contribution in [0.25, 0.3) is 0 Å². The van der Waals surface area contributed by atoms with Crippen molar-refractivity contribution in [1.29, 1.82) is 0 Å². The standard InChI is InChI=1S/C12H24N4O/c1-11(2,3)10-15-8(9(13)16(10)14)7-12(4,5)17-6/h7,13-14H2,1-6H3. The van der Waals surface area contributed by atoms with E-state index in [9.17, 15) is 0 Å². The molecular weight excluding hydrogens is 216 g/mol. The lowest BCUT2D eigenvalue weighted by Crippen LogP contribution is -2.26. The highest BCUT2D eigenvalue weighted by Gasteiger charge is 2.27. The normalized spacial score (nSPS) is 13.1. The first-order valence-corrected chi connectivity index (χ1v) is 5.76. The smallest absolute Gasteiger partial charge is 0.146 e. The Morgan fingerprint density at radius 2 is 1.76 bits per heavy atom. The molecule has 0 aliphatic heterocycles. The third kappa shape index (κ3) is 2.91. The van der Waals surface area contributed by atoms with Gasteiger partial charge in [-0.15, -0.1) is 0 Å². The number of nitrogen functional groups attached to an aromatic ring is 2. The van der Waals surface area contributed by atoms with Crippen molar-refractivity contribution in [3.05, 3.63) is 11.5 Å². The molecule has 1 heterocycles. The van der Waals surface area contributed by atoms with E-state index >= 15 is 0 Å². The highest BCUT2D eigenvalue weighted by molar-refractivity contribution is 5.40. The van der Waals surface area contributed by atoms with Crippen LogP contribution in [0.3, 0.4) is 0 Å². The van der Waals surface area contributed by atoms with E-state index in [1.165, 1.54) is 4.68 Å². The van der Waals surface area contributed by atoms with Gasteiger partial charge in [0.15, 0.2) is 0 Å². The second-order valence-corrected chi connectivity index (χ2v) is 6.03. The van der Waals surface area contributed by atoms with E-state index in [2.05, 4.69) is 25.8 Å². The number of anilines is 1. The van der Waals surface area contributed by atoms with E-state index in [0.717, 1.165) is 11.5 Å². The molecule has 0 unspecified atom stereocenters. The Hall–Kier alpha value is -1.23. The predicted molar refractivity (Wildman–Crippen MR) is 70.3 cm³/mol. The molecule has 0 aliphatic carbocycles. The van der Waals surface area contributed by atoms with Gasteiger partial charge in [-0.3, -0.25) is 0 Å². The highest BCUT2D eigenvalue weighted by Crippen LogP contribution is 2.26. The average molecular weight is 240 g/mol. The number of imidazole rings is 1. The maximum atomic E-state index is 5.98. The third-order valence-electron chi connectivity index (χ3n) is 2.84. The zero-order valence-corrected chi connectivity index (χ0v) is 11.7. The molecule has 1 aromatic rings. The molecule has 0 spiro atoms. The molecule has 0 radical (unpaired) electrons. The van der Waals surface area contributed by atoms with Crippen LogP contribution in [0.5, 0.6) is 0 Å². The molecule has 0 saturated carbocycles. The molecule has 0 saturated heterocycles. The number of methoxy groups -OCH3 is 1. The van der Waals surface area contributed by atoms with Gasteiger partial charge >= 0.3 is 0 Å².